The van der Waals surface area contributed by atoms with Crippen molar-refractivity contribution in [3.05, 3.63) is 59.7 Å². The van der Waals surface area contributed by atoms with Crippen molar-refractivity contribution in [1.29, 1.82) is 0 Å². The maximum atomic E-state index is 13.5. The topological polar surface area (TPSA) is 37.3 Å². The fourth-order valence-electron chi connectivity index (χ4n) is 2.43. The number of carboxylic acids is 1. The minimum atomic E-state index is -4.58. The summed E-state index contributed by atoms with van der Waals surface area (Å²) in [5.41, 5.74) is -0.298. The molecule has 0 saturated carbocycles. The van der Waals surface area contributed by atoms with Gasteiger partial charge < -0.3 is 5.11 Å². The van der Waals surface area contributed by atoms with Gasteiger partial charge in [-0.25, -0.2) is 0 Å². The smallest absolute Gasteiger partial charge is 0.417 e. The van der Waals surface area contributed by atoms with Gasteiger partial charge in [-0.1, -0.05) is 42.5 Å². The lowest BCUT2D eigenvalue weighted by Gasteiger charge is -2.17. The van der Waals surface area contributed by atoms with Crippen molar-refractivity contribution in [2.45, 2.75) is 25.4 Å². The standard InChI is InChI=1S/C19H15F3O2/c1-2-3-9-16(18(23)24)14-10-11-15(13-7-5-4-6-8-13)17(12-14)19(20,21)22/h4-8,10-12,16H,9H2,1H3,(H,23,24). The number of carboxylic acid groups (broad SMARTS) is 1. The van der Waals surface area contributed by atoms with Crippen molar-refractivity contribution in [2.24, 2.45) is 0 Å². The van der Waals surface area contributed by atoms with Crippen LogP contribution in [-0.2, 0) is 11.0 Å². The number of rotatable bonds is 4. The molecule has 2 aromatic rings. The highest BCUT2D eigenvalue weighted by molar-refractivity contribution is 5.78. The monoisotopic (exact) mass is 332 g/mol. The van der Waals surface area contributed by atoms with Crippen molar-refractivity contribution >= 4 is 5.97 Å². The number of carbonyl (C=O) groups is 1. The van der Waals surface area contributed by atoms with E-state index in [9.17, 15) is 23.1 Å². The van der Waals surface area contributed by atoms with Crippen LogP contribution in [0.15, 0.2) is 48.5 Å². The van der Waals surface area contributed by atoms with Crippen LogP contribution in [0.1, 0.15) is 30.4 Å². The van der Waals surface area contributed by atoms with Gasteiger partial charge in [0, 0.05) is 6.42 Å². The quantitative estimate of drug-likeness (QED) is 0.804. The normalized spacial score (nSPS) is 12.2. The molecule has 0 bridgehead atoms. The Morgan fingerprint density at radius 2 is 1.83 bits per heavy atom. The summed E-state index contributed by atoms with van der Waals surface area (Å²) in [5.74, 6) is 2.90. The lowest BCUT2D eigenvalue weighted by Crippen LogP contribution is -2.14. The average Bonchev–Trinajstić information content (AvgIpc) is 2.55. The van der Waals surface area contributed by atoms with E-state index >= 15 is 0 Å². The van der Waals surface area contributed by atoms with E-state index in [-0.39, 0.29) is 17.5 Å². The largest absolute Gasteiger partial charge is 0.481 e. The van der Waals surface area contributed by atoms with Gasteiger partial charge in [0.1, 0.15) is 0 Å². The molecule has 1 atom stereocenters. The first-order valence-corrected chi connectivity index (χ1v) is 7.23. The zero-order valence-corrected chi connectivity index (χ0v) is 12.9. The number of alkyl halides is 3. The van der Waals surface area contributed by atoms with Crippen molar-refractivity contribution < 1.29 is 23.1 Å². The SMILES string of the molecule is CC#CCC(C(=O)O)c1ccc(-c2ccccc2)c(C(F)(F)F)c1. The molecule has 2 nitrogen and oxygen atoms in total. The molecule has 1 unspecified atom stereocenters. The number of aliphatic carboxylic acids is 1. The third-order valence-corrected chi connectivity index (χ3v) is 3.62. The first-order valence-electron chi connectivity index (χ1n) is 7.23. The van der Waals surface area contributed by atoms with Gasteiger partial charge in [-0.2, -0.15) is 13.2 Å². The van der Waals surface area contributed by atoms with Gasteiger partial charge >= 0.3 is 12.1 Å². The molecular formula is C19H15F3O2. The van der Waals surface area contributed by atoms with Gasteiger partial charge in [0.25, 0.3) is 0 Å². The van der Waals surface area contributed by atoms with Gasteiger partial charge in [0.05, 0.1) is 11.5 Å². The second-order valence-electron chi connectivity index (χ2n) is 5.19. The molecule has 0 spiro atoms. The highest BCUT2D eigenvalue weighted by Crippen LogP contribution is 2.39. The molecule has 124 valence electrons. The van der Waals surface area contributed by atoms with Crippen molar-refractivity contribution in [3.8, 4) is 23.0 Å². The van der Waals surface area contributed by atoms with Crippen molar-refractivity contribution in [1.82, 2.24) is 0 Å². The third-order valence-electron chi connectivity index (χ3n) is 3.62. The first-order chi connectivity index (χ1) is 11.3. The van der Waals surface area contributed by atoms with Gasteiger partial charge in [-0.05, 0) is 29.7 Å². The summed E-state index contributed by atoms with van der Waals surface area (Å²) in [5, 5.41) is 9.28. The zero-order valence-electron chi connectivity index (χ0n) is 12.9. The minimum Gasteiger partial charge on any atom is -0.481 e. The number of benzene rings is 2. The van der Waals surface area contributed by atoms with E-state index in [4.69, 9.17) is 0 Å². The molecule has 0 aliphatic rings. The predicted molar refractivity (Wildman–Crippen MR) is 85.3 cm³/mol. The molecule has 0 aliphatic heterocycles. The van der Waals surface area contributed by atoms with Crippen LogP contribution in [0.2, 0.25) is 0 Å². The molecule has 2 rings (SSSR count). The van der Waals surface area contributed by atoms with E-state index in [1.165, 1.54) is 12.1 Å². The summed E-state index contributed by atoms with van der Waals surface area (Å²) < 4.78 is 40.4. The number of hydrogen-bond donors (Lipinski definition) is 1. The van der Waals surface area contributed by atoms with Crippen LogP contribution in [0, 0.1) is 11.8 Å². The van der Waals surface area contributed by atoms with Crippen LogP contribution in [-0.4, -0.2) is 11.1 Å². The van der Waals surface area contributed by atoms with Gasteiger partial charge in [0.15, 0.2) is 0 Å². The van der Waals surface area contributed by atoms with E-state index in [1.54, 1.807) is 37.3 Å². The Kier molecular flexibility index (Phi) is 5.30. The van der Waals surface area contributed by atoms with Gasteiger partial charge in [-0.3, -0.25) is 4.79 Å². The van der Waals surface area contributed by atoms with Crippen LogP contribution < -0.4 is 0 Å². The van der Waals surface area contributed by atoms with Gasteiger partial charge in [0.2, 0.25) is 0 Å². The minimum absolute atomic E-state index is 0.0255. The fraction of sp³-hybridized carbons (Fsp3) is 0.211. The average molecular weight is 332 g/mol. The Balaban J connectivity index is 2.58. The lowest BCUT2D eigenvalue weighted by molar-refractivity contribution is -0.140. The Labute approximate surface area is 137 Å². The summed E-state index contributed by atoms with van der Waals surface area (Å²) >= 11 is 0. The van der Waals surface area contributed by atoms with Crippen LogP contribution in [0.4, 0.5) is 13.2 Å². The van der Waals surface area contributed by atoms with E-state index in [0.717, 1.165) is 6.07 Å². The second-order valence-corrected chi connectivity index (χ2v) is 5.19. The zero-order chi connectivity index (χ0) is 17.7. The summed E-state index contributed by atoms with van der Waals surface area (Å²) in [4.78, 5) is 11.4. The Bertz CT molecular complexity index is 784. The third kappa shape index (κ3) is 3.96. The van der Waals surface area contributed by atoms with Crippen LogP contribution in [0.25, 0.3) is 11.1 Å². The number of hydrogen-bond acceptors (Lipinski definition) is 1. The molecule has 24 heavy (non-hydrogen) atoms. The maximum absolute atomic E-state index is 13.5. The molecule has 0 amide bonds. The van der Waals surface area contributed by atoms with Crippen LogP contribution in [0.3, 0.4) is 0 Å². The summed E-state index contributed by atoms with van der Waals surface area (Å²) in [6.45, 7) is 1.55. The van der Waals surface area contributed by atoms with Crippen molar-refractivity contribution in [2.75, 3.05) is 0 Å². The Hall–Kier alpha value is -2.74. The lowest BCUT2D eigenvalue weighted by atomic mass is 9.90. The van der Waals surface area contributed by atoms with Crippen molar-refractivity contribution in [3.63, 3.8) is 0 Å². The maximum Gasteiger partial charge on any atom is 0.417 e. The molecule has 0 saturated heterocycles. The molecule has 0 aliphatic carbocycles. The molecule has 2 aromatic carbocycles. The molecule has 1 N–H and O–H groups in total. The summed E-state index contributed by atoms with van der Waals surface area (Å²) in [7, 11) is 0. The van der Waals surface area contributed by atoms with E-state index in [0.29, 0.717) is 5.56 Å². The Morgan fingerprint density at radius 1 is 1.17 bits per heavy atom. The summed E-state index contributed by atoms with van der Waals surface area (Å²) in [6.07, 6.45) is -4.62. The Morgan fingerprint density at radius 3 is 2.38 bits per heavy atom. The van der Waals surface area contributed by atoms with E-state index < -0.39 is 23.6 Å². The van der Waals surface area contributed by atoms with E-state index in [2.05, 4.69) is 11.8 Å². The van der Waals surface area contributed by atoms with E-state index in [1.807, 2.05) is 0 Å². The molecular weight excluding hydrogens is 317 g/mol. The molecule has 0 radical (unpaired) electrons. The number of halogens is 3. The molecule has 0 fully saturated rings. The highest BCUT2D eigenvalue weighted by atomic mass is 19.4. The van der Waals surface area contributed by atoms with Gasteiger partial charge in [-0.15, -0.1) is 11.8 Å². The predicted octanol–water partition coefficient (Wildman–Crippen LogP) is 4.95. The summed E-state index contributed by atoms with van der Waals surface area (Å²) in [6, 6.07) is 11.9. The molecule has 0 aromatic heterocycles. The highest BCUT2D eigenvalue weighted by Gasteiger charge is 2.35. The molecule has 0 heterocycles. The molecule has 5 heteroatoms. The first kappa shape index (κ1) is 17.6. The fourth-order valence-corrected chi connectivity index (χ4v) is 2.43. The second kappa shape index (κ2) is 7.22. The van der Waals surface area contributed by atoms with Crippen LogP contribution >= 0.6 is 0 Å². The van der Waals surface area contributed by atoms with Crippen LogP contribution in [0.5, 0.6) is 0 Å².